The van der Waals surface area contributed by atoms with Gasteiger partial charge in [-0.25, -0.2) is 0 Å². The Balaban J connectivity index is 1.67. The molecule has 0 aliphatic heterocycles. The van der Waals surface area contributed by atoms with Crippen LogP contribution >= 0.6 is 0 Å². The molecule has 23 heavy (non-hydrogen) atoms. The van der Waals surface area contributed by atoms with Crippen LogP contribution in [0.25, 0.3) is 0 Å². The number of carbonyl (C=O) groups excluding carboxylic acids is 1. The SMILES string of the molecule is CC(=O)[C@H]1CC[C@H]2[C@@H]3CC=C4CCC(O)C[C@]4(C)[C@H]3CC[C@]12C. The minimum absolute atomic E-state index is 0.113. The van der Waals surface area contributed by atoms with Gasteiger partial charge in [0.05, 0.1) is 6.10 Å². The van der Waals surface area contributed by atoms with Crippen LogP contribution in [0.5, 0.6) is 0 Å². The van der Waals surface area contributed by atoms with E-state index in [1.807, 2.05) is 6.92 Å². The van der Waals surface area contributed by atoms with Gasteiger partial charge in [0, 0.05) is 5.92 Å². The molecule has 7 atom stereocenters. The Morgan fingerprint density at radius 3 is 2.70 bits per heavy atom. The lowest BCUT2D eigenvalue weighted by molar-refractivity contribution is -0.127. The van der Waals surface area contributed by atoms with Crippen LogP contribution in [0.15, 0.2) is 11.6 Å². The maximum atomic E-state index is 12.2. The number of allylic oxidation sites excluding steroid dienone is 2. The number of aliphatic hydroxyl groups excluding tert-OH is 1. The Bertz CT molecular complexity index is 550. The number of carbonyl (C=O) groups is 1. The molecule has 0 saturated heterocycles. The smallest absolute Gasteiger partial charge is 0.133 e. The van der Waals surface area contributed by atoms with E-state index >= 15 is 0 Å². The van der Waals surface area contributed by atoms with Crippen LogP contribution in [0, 0.1) is 34.5 Å². The van der Waals surface area contributed by atoms with Gasteiger partial charge in [0.25, 0.3) is 0 Å². The van der Waals surface area contributed by atoms with Crippen molar-refractivity contribution in [1.82, 2.24) is 0 Å². The normalized spacial score (nSPS) is 52.2. The molecule has 2 heteroatoms. The fourth-order valence-electron chi connectivity index (χ4n) is 7.41. The van der Waals surface area contributed by atoms with Gasteiger partial charge in [-0.05, 0) is 86.9 Å². The second kappa shape index (κ2) is 5.18. The van der Waals surface area contributed by atoms with Crippen molar-refractivity contribution < 1.29 is 9.90 Å². The van der Waals surface area contributed by atoms with Crippen molar-refractivity contribution in [3.8, 4) is 0 Å². The average molecular weight is 316 g/mol. The van der Waals surface area contributed by atoms with Crippen LogP contribution in [0.2, 0.25) is 0 Å². The molecule has 0 radical (unpaired) electrons. The molecule has 1 unspecified atom stereocenters. The standard InChI is InChI=1S/C21H32O2/c1-13(22)17-8-9-18-16-7-5-14-4-6-15(23)12-21(14,3)19(16)10-11-20(17,18)2/h5,15-19,23H,4,6-12H2,1-3H3/t15?,16-,17+,18-,19-,20+,21-/m0/s1. The maximum absolute atomic E-state index is 12.2. The van der Waals surface area contributed by atoms with E-state index in [-0.39, 0.29) is 16.9 Å². The van der Waals surface area contributed by atoms with E-state index in [9.17, 15) is 9.90 Å². The largest absolute Gasteiger partial charge is 0.393 e. The number of ketones is 1. The van der Waals surface area contributed by atoms with Gasteiger partial charge in [0.15, 0.2) is 0 Å². The molecule has 4 rings (SSSR count). The maximum Gasteiger partial charge on any atom is 0.133 e. The van der Waals surface area contributed by atoms with E-state index in [1.54, 1.807) is 5.57 Å². The number of hydrogen-bond acceptors (Lipinski definition) is 2. The molecule has 128 valence electrons. The van der Waals surface area contributed by atoms with Gasteiger partial charge in [-0.3, -0.25) is 4.79 Å². The first-order valence-corrected chi connectivity index (χ1v) is 9.74. The second-order valence-electron chi connectivity index (χ2n) is 9.44. The first-order valence-electron chi connectivity index (χ1n) is 9.74. The number of aliphatic hydroxyl groups is 1. The molecule has 0 spiro atoms. The van der Waals surface area contributed by atoms with Crippen molar-refractivity contribution in [2.45, 2.75) is 78.2 Å². The first-order chi connectivity index (χ1) is 10.9. The summed E-state index contributed by atoms with van der Waals surface area (Å²) in [6.07, 6.45) is 11.4. The summed E-state index contributed by atoms with van der Waals surface area (Å²) < 4.78 is 0. The molecule has 4 aliphatic rings. The predicted octanol–water partition coefficient (Wildman–Crippen LogP) is 4.52. The van der Waals surface area contributed by atoms with Crippen LogP contribution in [0.4, 0.5) is 0 Å². The summed E-state index contributed by atoms with van der Waals surface area (Å²) in [7, 11) is 0. The van der Waals surface area contributed by atoms with Gasteiger partial charge in [0.1, 0.15) is 5.78 Å². The number of fused-ring (bicyclic) bond motifs is 5. The summed E-state index contributed by atoms with van der Waals surface area (Å²) in [5.74, 6) is 2.88. The molecule has 0 amide bonds. The highest BCUT2D eigenvalue weighted by molar-refractivity contribution is 5.79. The molecule has 2 nitrogen and oxygen atoms in total. The number of hydrogen-bond donors (Lipinski definition) is 1. The lowest BCUT2D eigenvalue weighted by atomic mass is 9.47. The summed E-state index contributed by atoms with van der Waals surface area (Å²) in [5, 5.41) is 10.3. The average Bonchev–Trinajstić information content (AvgIpc) is 2.83. The highest BCUT2D eigenvalue weighted by Gasteiger charge is 2.59. The van der Waals surface area contributed by atoms with Crippen molar-refractivity contribution in [1.29, 1.82) is 0 Å². The van der Waals surface area contributed by atoms with E-state index in [4.69, 9.17) is 0 Å². The van der Waals surface area contributed by atoms with Crippen LogP contribution in [0.3, 0.4) is 0 Å². The second-order valence-corrected chi connectivity index (χ2v) is 9.44. The molecule has 0 aromatic rings. The zero-order valence-electron chi connectivity index (χ0n) is 15.0. The van der Waals surface area contributed by atoms with Gasteiger partial charge in [0.2, 0.25) is 0 Å². The van der Waals surface area contributed by atoms with Crippen LogP contribution in [0.1, 0.15) is 72.1 Å². The summed E-state index contributed by atoms with van der Waals surface area (Å²) in [6.45, 7) is 6.64. The Kier molecular flexibility index (Phi) is 3.58. The molecule has 4 aliphatic carbocycles. The summed E-state index contributed by atoms with van der Waals surface area (Å²) in [4.78, 5) is 12.2. The topological polar surface area (TPSA) is 37.3 Å². The minimum atomic E-state index is -0.113. The number of rotatable bonds is 1. The third-order valence-corrected chi connectivity index (χ3v) is 8.52. The molecule has 0 aromatic heterocycles. The van der Waals surface area contributed by atoms with E-state index in [0.29, 0.717) is 17.6 Å². The fourth-order valence-corrected chi connectivity index (χ4v) is 7.41. The lowest BCUT2D eigenvalue weighted by Gasteiger charge is -2.58. The van der Waals surface area contributed by atoms with E-state index in [2.05, 4.69) is 19.9 Å². The van der Waals surface area contributed by atoms with Crippen molar-refractivity contribution in [2.24, 2.45) is 34.5 Å². The van der Waals surface area contributed by atoms with Gasteiger partial charge in [-0.1, -0.05) is 25.5 Å². The van der Waals surface area contributed by atoms with Gasteiger partial charge in [-0.15, -0.1) is 0 Å². The molecular weight excluding hydrogens is 284 g/mol. The Labute approximate surface area is 140 Å². The van der Waals surface area contributed by atoms with E-state index in [0.717, 1.165) is 37.5 Å². The van der Waals surface area contributed by atoms with Crippen molar-refractivity contribution >= 4 is 5.78 Å². The molecule has 0 bridgehead atoms. The highest BCUT2D eigenvalue weighted by atomic mass is 16.3. The number of Topliss-reactive ketones (excluding diaryl/α,β-unsaturated/α-hetero) is 1. The third-order valence-electron chi connectivity index (χ3n) is 8.52. The Morgan fingerprint density at radius 2 is 1.96 bits per heavy atom. The Hall–Kier alpha value is -0.630. The van der Waals surface area contributed by atoms with E-state index in [1.165, 1.54) is 25.7 Å². The molecule has 3 saturated carbocycles. The van der Waals surface area contributed by atoms with Crippen LogP contribution in [-0.4, -0.2) is 17.0 Å². The van der Waals surface area contributed by atoms with Crippen molar-refractivity contribution in [3.63, 3.8) is 0 Å². The van der Waals surface area contributed by atoms with Crippen LogP contribution < -0.4 is 0 Å². The predicted molar refractivity (Wildman–Crippen MR) is 91.9 cm³/mol. The third kappa shape index (κ3) is 2.13. The van der Waals surface area contributed by atoms with Crippen LogP contribution in [-0.2, 0) is 4.79 Å². The first kappa shape index (κ1) is 15.9. The summed E-state index contributed by atoms with van der Waals surface area (Å²) in [6, 6.07) is 0. The lowest BCUT2D eigenvalue weighted by Crippen LogP contribution is -2.51. The molecule has 0 aromatic carbocycles. The Morgan fingerprint density at radius 1 is 1.17 bits per heavy atom. The monoisotopic (exact) mass is 316 g/mol. The fraction of sp³-hybridized carbons (Fsp3) is 0.857. The summed E-state index contributed by atoms with van der Waals surface area (Å²) >= 11 is 0. The highest BCUT2D eigenvalue weighted by Crippen LogP contribution is 2.66. The molecule has 1 N–H and O–H groups in total. The molecular formula is C21H32O2. The van der Waals surface area contributed by atoms with Gasteiger partial charge >= 0.3 is 0 Å². The zero-order chi connectivity index (χ0) is 16.4. The molecule has 3 fully saturated rings. The summed E-state index contributed by atoms with van der Waals surface area (Å²) in [5.41, 5.74) is 2.09. The van der Waals surface area contributed by atoms with E-state index < -0.39 is 0 Å². The van der Waals surface area contributed by atoms with Crippen molar-refractivity contribution in [3.05, 3.63) is 11.6 Å². The van der Waals surface area contributed by atoms with Gasteiger partial charge in [-0.2, -0.15) is 0 Å². The van der Waals surface area contributed by atoms with Gasteiger partial charge < -0.3 is 5.11 Å². The quantitative estimate of drug-likeness (QED) is 0.722. The molecule has 0 heterocycles. The zero-order valence-corrected chi connectivity index (χ0v) is 15.0. The van der Waals surface area contributed by atoms with Crippen molar-refractivity contribution in [2.75, 3.05) is 0 Å². The minimum Gasteiger partial charge on any atom is -0.393 e.